The molecule has 0 saturated carbocycles. The summed E-state index contributed by atoms with van der Waals surface area (Å²) in [7, 11) is 0. The van der Waals surface area contributed by atoms with E-state index in [-0.39, 0.29) is 29.9 Å². The van der Waals surface area contributed by atoms with Crippen LogP contribution in [0.2, 0.25) is 0 Å². The van der Waals surface area contributed by atoms with Gasteiger partial charge in [0.05, 0.1) is 29.2 Å². The predicted octanol–water partition coefficient (Wildman–Crippen LogP) is 4.51. The van der Waals surface area contributed by atoms with Crippen molar-refractivity contribution in [2.75, 3.05) is 0 Å². The summed E-state index contributed by atoms with van der Waals surface area (Å²) in [6.45, 7) is 2.54. The number of imidazole rings is 1. The minimum atomic E-state index is -2.82. The van der Waals surface area contributed by atoms with Crippen molar-refractivity contribution < 1.29 is 18.3 Å². The summed E-state index contributed by atoms with van der Waals surface area (Å²) >= 11 is 1.45. The van der Waals surface area contributed by atoms with Crippen molar-refractivity contribution >= 4 is 38.6 Å². The van der Waals surface area contributed by atoms with Crippen LogP contribution in [-0.4, -0.2) is 25.1 Å². The number of halogens is 2. The topological polar surface area (TPSA) is 79.0 Å². The highest BCUT2D eigenvalue weighted by Gasteiger charge is 2.24. The molecule has 162 valence electrons. The Morgan fingerprint density at radius 3 is 2.74 bits per heavy atom. The lowest BCUT2D eigenvalue weighted by molar-refractivity contribution is -0.149. The van der Waals surface area contributed by atoms with Crippen molar-refractivity contribution in [1.82, 2.24) is 19.1 Å². The van der Waals surface area contributed by atoms with Gasteiger partial charge in [0.25, 0.3) is 5.56 Å². The van der Waals surface area contributed by atoms with E-state index in [0.29, 0.717) is 15.7 Å². The monoisotopic (exact) mass is 446 g/mol. The maximum atomic E-state index is 13.6. The summed E-state index contributed by atoms with van der Waals surface area (Å²) in [5.41, 5.74) is 1.33. The van der Waals surface area contributed by atoms with Gasteiger partial charge in [-0.1, -0.05) is 12.1 Å². The van der Waals surface area contributed by atoms with Crippen LogP contribution < -0.4 is 5.56 Å². The molecule has 0 saturated heterocycles. The maximum absolute atomic E-state index is 13.6. The van der Waals surface area contributed by atoms with E-state index in [2.05, 4.69) is 9.97 Å². The molecule has 0 amide bonds. The minimum Gasteiger partial charge on any atom is -0.454 e. The Balaban J connectivity index is 1.50. The Kier molecular flexibility index (Phi) is 5.57. The molecule has 0 N–H and O–H groups in total. The third-order valence-corrected chi connectivity index (χ3v) is 6.32. The average Bonchev–Trinajstić information content (AvgIpc) is 3.26. The van der Waals surface area contributed by atoms with Crippen LogP contribution in [0.4, 0.5) is 8.78 Å². The number of carbonyl (C=O) groups is 1. The number of fused-ring (bicyclic) bond motifs is 2. The number of hydrogen-bond acceptors (Lipinski definition) is 6. The number of thiophene rings is 1. The number of para-hydroxylation sites is 2. The quantitative estimate of drug-likeness (QED) is 0.407. The van der Waals surface area contributed by atoms with Crippen LogP contribution >= 0.6 is 11.3 Å². The molecular weight excluding hydrogens is 426 g/mol. The molecule has 4 rings (SSSR count). The lowest BCUT2D eigenvalue weighted by Gasteiger charge is -2.15. The summed E-state index contributed by atoms with van der Waals surface area (Å²) in [5, 5.41) is 0.553. The first-order valence-electron chi connectivity index (χ1n) is 9.67. The summed E-state index contributed by atoms with van der Waals surface area (Å²) in [6.07, 6.45) is 0.328. The Morgan fingerprint density at radius 1 is 1.26 bits per heavy atom. The third kappa shape index (κ3) is 3.83. The number of ether oxygens (including phenoxy) is 1. The van der Waals surface area contributed by atoms with Gasteiger partial charge in [-0.3, -0.25) is 18.7 Å². The summed E-state index contributed by atoms with van der Waals surface area (Å²) < 4.78 is 34.7. The lowest BCUT2D eigenvalue weighted by Crippen LogP contribution is -2.23. The Morgan fingerprint density at radius 2 is 2.00 bits per heavy atom. The number of alkyl halides is 2. The van der Waals surface area contributed by atoms with E-state index < -0.39 is 18.6 Å². The Bertz CT molecular complexity index is 1340. The standard InChI is InChI=1S/C21H20F2N4O3S/c1-11-13(3)31-19-17(11)20(29)26(10-24-19)9-8-16(28)30-12(2)18-25-14-6-4-5-7-15(14)27(18)21(22)23/h4-7,10,12,21H,8-9H2,1-3H3. The largest absolute Gasteiger partial charge is 0.454 e. The van der Waals surface area contributed by atoms with Crippen LogP contribution in [0.3, 0.4) is 0 Å². The molecule has 0 aliphatic carbocycles. The van der Waals surface area contributed by atoms with Gasteiger partial charge >= 0.3 is 12.5 Å². The minimum absolute atomic E-state index is 0.0332. The van der Waals surface area contributed by atoms with E-state index in [0.717, 1.165) is 15.0 Å². The van der Waals surface area contributed by atoms with Crippen molar-refractivity contribution in [3.05, 3.63) is 57.2 Å². The second-order valence-corrected chi connectivity index (χ2v) is 8.40. The lowest BCUT2D eigenvalue weighted by atomic mass is 10.2. The van der Waals surface area contributed by atoms with Crippen LogP contribution in [0, 0.1) is 13.8 Å². The molecule has 1 unspecified atom stereocenters. The van der Waals surface area contributed by atoms with Crippen molar-refractivity contribution in [3.63, 3.8) is 0 Å². The van der Waals surface area contributed by atoms with Gasteiger partial charge in [0.15, 0.2) is 11.9 Å². The molecule has 0 aliphatic heterocycles. The number of aryl methyl sites for hydroxylation is 3. The van der Waals surface area contributed by atoms with Gasteiger partial charge in [-0.05, 0) is 38.5 Å². The molecule has 0 bridgehead atoms. The molecule has 31 heavy (non-hydrogen) atoms. The molecule has 4 aromatic rings. The van der Waals surface area contributed by atoms with E-state index in [1.807, 2.05) is 13.8 Å². The molecule has 3 aromatic heterocycles. The van der Waals surface area contributed by atoms with Crippen molar-refractivity contribution in [2.45, 2.75) is 46.4 Å². The van der Waals surface area contributed by atoms with Gasteiger partial charge in [0, 0.05) is 11.4 Å². The number of esters is 1. The molecule has 10 heteroatoms. The zero-order chi connectivity index (χ0) is 22.3. The molecule has 0 radical (unpaired) electrons. The van der Waals surface area contributed by atoms with Gasteiger partial charge in [-0.2, -0.15) is 8.78 Å². The summed E-state index contributed by atoms with van der Waals surface area (Å²) in [5.74, 6) is -0.653. The SMILES string of the molecule is Cc1sc2ncn(CCC(=O)OC(C)c3nc4ccccc4n3C(F)F)c(=O)c2c1C. The second kappa shape index (κ2) is 8.18. The molecule has 0 fully saturated rings. The Hall–Kier alpha value is -3.14. The fraction of sp³-hybridized carbons (Fsp3) is 0.333. The highest BCUT2D eigenvalue weighted by atomic mass is 32.1. The first kappa shape index (κ1) is 21.1. The van der Waals surface area contributed by atoms with E-state index in [4.69, 9.17) is 4.74 Å². The molecule has 0 spiro atoms. The van der Waals surface area contributed by atoms with Crippen molar-refractivity contribution in [3.8, 4) is 0 Å². The molecule has 7 nitrogen and oxygen atoms in total. The van der Waals surface area contributed by atoms with Crippen molar-refractivity contribution in [2.24, 2.45) is 0 Å². The number of rotatable bonds is 6. The smallest absolute Gasteiger partial charge is 0.320 e. The van der Waals surface area contributed by atoms with Gasteiger partial charge < -0.3 is 4.74 Å². The third-order valence-electron chi connectivity index (χ3n) is 5.20. The second-order valence-electron chi connectivity index (χ2n) is 7.19. The van der Waals surface area contributed by atoms with Crippen LogP contribution in [0.15, 0.2) is 35.4 Å². The van der Waals surface area contributed by atoms with Crippen LogP contribution in [0.5, 0.6) is 0 Å². The Labute approximate surface area is 179 Å². The van der Waals surface area contributed by atoms with E-state index in [9.17, 15) is 18.4 Å². The van der Waals surface area contributed by atoms with Crippen molar-refractivity contribution in [1.29, 1.82) is 0 Å². The zero-order valence-corrected chi connectivity index (χ0v) is 17.9. The molecule has 1 atom stereocenters. The fourth-order valence-electron chi connectivity index (χ4n) is 3.50. The molecule has 1 aromatic carbocycles. The zero-order valence-electron chi connectivity index (χ0n) is 17.1. The van der Waals surface area contributed by atoms with E-state index in [1.54, 1.807) is 18.2 Å². The summed E-state index contributed by atoms with van der Waals surface area (Å²) in [4.78, 5) is 35.3. The predicted molar refractivity (Wildman–Crippen MR) is 113 cm³/mol. The van der Waals surface area contributed by atoms with Crippen LogP contribution in [-0.2, 0) is 16.1 Å². The first-order chi connectivity index (χ1) is 14.8. The van der Waals surface area contributed by atoms with Crippen LogP contribution in [0.25, 0.3) is 21.3 Å². The van der Waals surface area contributed by atoms with Gasteiger partial charge in [-0.15, -0.1) is 11.3 Å². The number of aromatic nitrogens is 4. The van der Waals surface area contributed by atoms with E-state index in [1.165, 1.54) is 35.2 Å². The van der Waals surface area contributed by atoms with Gasteiger partial charge in [0.2, 0.25) is 0 Å². The highest BCUT2D eigenvalue weighted by Crippen LogP contribution is 2.28. The summed E-state index contributed by atoms with van der Waals surface area (Å²) in [6, 6.07) is 6.50. The molecule has 0 aliphatic rings. The number of hydrogen-bond donors (Lipinski definition) is 0. The number of benzene rings is 1. The molecule has 3 heterocycles. The van der Waals surface area contributed by atoms with E-state index >= 15 is 0 Å². The van der Waals surface area contributed by atoms with Crippen LogP contribution in [0.1, 0.15) is 42.3 Å². The molecular formula is C21H20F2N4O3S. The average molecular weight is 446 g/mol. The maximum Gasteiger partial charge on any atom is 0.320 e. The normalized spacial score (nSPS) is 12.7. The van der Waals surface area contributed by atoms with Gasteiger partial charge in [0.1, 0.15) is 4.83 Å². The fourth-order valence-corrected chi connectivity index (χ4v) is 4.49. The van der Waals surface area contributed by atoms with Gasteiger partial charge in [-0.25, -0.2) is 9.97 Å². The number of carbonyl (C=O) groups excluding carboxylic acids is 1. The highest BCUT2D eigenvalue weighted by molar-refractivity contribution is 7.18. The number of nitrogens with zero attached hydrogens (tertiary/aromatic N) is 4. The first-order valence-corrected chi connectivity index (χ1v) is 10.5.